The fourth-order valence-electron chi connectivity index (χ4n) is 2.38. The highest BCUT2D eigenvalue weighted by Crippen LogP contribution is 2.33. The zero-order chi connectivity index (χ0) is 17.9. The third kappa shape index (κ3) is 4.16. The summed E-state index contributed by atoms with van der Waals surface area (Å²) in [6.07, 6.45) is 0.250. The lowest BCUT2D eigenvalue weighted by Crippen LogP contribution is -2.29. The van der Waals surface area contributed by atoms with Crippen LogP contribution in [0.4, 0.5) is 5.69 Å². The van der Waals surface area contributed by atoms with Crippen LogP contribution >= 0.6 is 11.6 Å². The highest BCUT2D eigenvalue weighted by atomic mass is 35.5. The van der Waals surface area contributed by atoms with E-state index in [1.54, 1.807) is 18.2 Å². The molecule has 1 aliphatic heterocycles. The Kier molecular flexibility index (Phi) is 6.02. The van der Waals surface area contributed by atoms with Crippen LogP contribution in [0.2, 0.25) is 5.02 Å². The number of ether oxygens (including phenoxy) is 2. The molecule has 2 rings (SSSR count). The smallest absolute Gasteiger partial charge is 0.261 e. The Labute approximate surface area is 147 Å². The van der Waals surface area contributed by atoms with Gasteiger partial charge in [0.2, 0.25) is 5.91 Å². The van der Waals surface area contributed by atoms with Crippen LogP contribution in [0.3, 0.4) is 0 Å². The number of benzene rings is 1. The molecular weight excluding hydrogens is 330 g/mol. The molecule has 0 aromatic heterocycles. The van der Waals surface area contributed by atoms with Crippen LogP contribution in [0.5, 0.6) is 5.75 Å². The van der Waals surface area contributed by atoms with Gasteiger partial charge in [-0.3, -0.25) is 9.59 Å². The Morgan fingerprint density at radius 2 is 1.96 bits per heavy atom. The molecule has 0 saturated carbocycles. The summed E-state index contributed by atoms with van der Waals surface area (Å²) < 4.78 is 11.0. The predicted octanol–water partition coefficient (Wildman–Crippen LogP) is 3.74. The lowest BCUT2D eigenvalue weighted by molar-refractivity contribution is -0.120. The molecule has 0 aliphatic carbocycles. The van der Waals surface area contributed by atoms with Crippen molar-refractivity contribution >= 4 is 29.1 Å². The maximum Gasteiger partial charge on any atom is 0.261 e. The fraction of sp³-hybridized carbons (Fsp3) is 0.444. The number of hydrogen-bond donors (Lipinski definition) is 0. The number of imide groups is 1. The molecule has 0 unspecified atom stereocenters. The Bertz CT molecular complexity index is 678. The summed E-state index contributed by atoms with van der Waals surface area (Å²) in [5.74, 6) is -0.100. The summed E-state index contributed by atoms with van der Waals surface area (Å²) in [5, 5.41) is 0.421. The van der Waals surface area contributed by atoms with Gasteiger partial charge in [-0.15, -0.1) is 0 Å². The molecule has 2 amide bonds. The summed E-state index contributed by atoms with van der Waals surface area (Å²) in [4.78, 5) is 25.8. The van der Waals surface area contributed by atoms with E-state index >= 15 is 0 Å². The third-order valence-corrected chi connectivity index (χ3v) is 3.92. The molecule has 1 heterocycles. The van der Waals surface area contributed by atoms with Crippen molar-refractivity contribution in [1.29, 1.82) is 0 Å². The summed E-state index contributed by atoms with van der Waals surface area (Å²) in [5.41, 5.74) is 1.86. The first-order valence-corrected chi connectivity index (χ1v) is 8.26. The Morgan fingerprint density at radius 3 is 2.54 bits per heavy atom. The first-order valence-electron chi connectivity index (χ1n) is 7.89. The van der Waals surface area contributed by atoms with Crippen molar-refractivity contribution in [2.75, 3.05) is 18.1 Å². The fourth-order valence-corrected chi connectivity index (χ4v) is 2.56. The van der Waals surface area contributed by atoms with Crippen LogP contribution in [-0.4, -0.2) is 31.1 Å². The van der Waals surface area contributed by atoms with E-state index in [2.05, 4.69) is 0 Å². The van der Waals surface area contributed by atoms with Crippen LogP contribution in [0.15, 0.2) is 29.3 Å². The van der Waals surface area contributed by atoms with E-state index in [4.69, 9.17) is 21.1 Å². The third-order valence-electron chi connectivity index (χ3n) is 3.61. The highest BCUT2D eigenvalue weighted by molar-refractivity contribution is 6.32. The number of anilines is 1. The number of nitrogens with zero attached hydrogens (tertiary/aromatic N) is 1. The normalized spacial score (nSPS) is 14.8. The molecule has 1 aliphatic rings. The van der Waals surface area contributed by atoms with Crippen molar-refractivity contribution in [2.45, 2.75) is 40.2 Å². The summed E-state index contributed by atoms with van der Waals surface area (Å²) in [6, 6.07) is 4.88. The molecule has 0 N–H and O–H groups in total. The molecule has 0 bridgehead atoms. The Hall–Kier alpha value is -1.85. The second-order valence-electron chi connectivity index (χ2n) is 6.07. The van der Waals surface area contributed by atoms with Gasteiger partial charge < -0.3 is 9.47 Å². The van der Waals surface area contributed by atoms with Crippen LogP contribution in [0.1, 0.15) is 34.1 Å². The lowest BCUT2D eigenvalue weighted by atomic mass is 10.1. The SMILES string of the molecule is CC(C)=C1CC(=O)N(c2ccc(Cl)c(OCCOC(C)C)c2)C1=O. The first kappa shape index (κ1) is 18.5. The molecule has 0 radical (unpaired) electrons. The van der Waals surface area contributed by atoms with Gasteiger partial charge in [0.25, 0.3) is 5.91 Å². The summed E-state index contributed by atoms with van der Waals surface area (Å²) in [6.45, 7) is 8.31. The first-order chi connectivity index (χ1) is 11.3. The number of amides is 2. The van der Waals surface area contributed by atoms with E-state index < -0.39 is 0 Å². The monoisotopic (exact) mass is 351 g/mol. The van der Waals surface area contributed by atoms with Gasteiger partial charge in [0.1, 0.15) is 12.4 Å². The van der Waals surface area contributed by atoms with Gasteiger partial charge in [0.05, 0.1) is 29.8 Å². The molecule has 6 heteroatoms. The number of allylic oxidation sites excluding steroid dienone is 1. The average Bonchev–Trinajstić information content (AvgIpc) is 2.80. The number of halogens is 1. The van der Waals surface area contributed by atoms with Gasteiger partial charge in [0.15, 0.2) is 0 Å². The van der Waals surface area contributed by atoms with Crippen molar-refractivity contribution in [1.82, 2.24) is 0 Å². The molecule has 24 heavy (non-hydrogen) atoms. The van der Waals surface area contributed by atoms with E-state index in [0.717, 1.165) is 5.57 Å². The van der Waals surface area contributed by atoms with Gasteiger partial charge in [0, 0.05) is 11.6 Å². The van der Waals surface area contributed by atoms with E-state index in [1.165, 1.54) is 4.90 Å². The Balaban J connectivity index is 2.17. The molecule has 0 spiro atoms. The van der Waals surface area contributed by atoms with E-state index in [9.17, 15) is 9.59 Å². The summed E-state index contributed by atoms with van der Waals surface area (Å²) in [7, 11) is 0. The largest absolute Gasteiger partial charge is 0.490 e. The van der Waals surface area contributed by atoms with Crippen LogP contribution in [-0.2, 0) is 14.3 Å². The van der Waals surface area contributed by atoms with E-state index in [-0.39, 0.29) is 24.3 Å². The van der Waals surface area contributed by atoms with Gasteiger partial charge in [-0.2, -0.15) is 0 Å². The van der Waals surface area contributed by atoms with E-state index in [0.29, 0.717) is 35.2 Å². The number of hydrogen-bond acceptors (Lipinski definition) is 4. The standard InChI is InChI=1S/C18H22ClNO4/c1-11(2)14-10-17(21)20(18(14)22)13-5-6-15(19)16(9-13)24-8-7-23-12(3)4/h5-6,9,12H,7-8,10H2,1-4H3. The van der Waals surface area contributed by atoms with Gasteiger partial charge in [-0.1, -0.05) is 17.2 Å². The minimum atomic E-state index is -0.281. The average molecular weight is 352 g/mol. The molecule has 1 aromatic rings. The lowest BCUT2D eigenvalue weighted by Gasteiger charge is -2.16. The van der Waals surface area contributed by atoms with Crippen LogP contribution in [0, 0.1) is 0 Å². The number of carbonyl (C=O) groups is 2. The maximum absolute atomic E-state index is 12.4. The topological polar surface area (TPSA) is 55.8 Å². The molecular formula is C18H22ClNO4. The van der Waals surface area contributed by atoms with E-state index in [1.807, 2.05) is 27.7 Å². The number of carbonyl (C=O) groups excluding carboxylic acids is 2. The molecule has 1 fully saturated rings. The highest BCUT2D eigenvalue weighted by Gasteiger charge is 2.35. The molecule has 0 atom stereocenters. The predicted molar refractivity (Wildman–Crippen MR) is 93.5 cm³/mol. The van der Waals surface area contributed by atoms with Gasteiger partial charge in [-0.05, 0) is 39.8 Å². The van der Waals surface area contributed by atoms with Crippen molar-refractivity contribution in [2.24, 2.45) is 0 Å². The summed E-state index contributed by atoms with van der Waals surface area (Å²) >= 11 is 6.13. The number of rotatable bonds is 6. The Morgan fingerprint density at radius 1 is 1.25 bits per heavy atom. The van der Waals surface area contributed by atoms with Crippen LogP contribution in [0.25, 0.3) is 0 Å². The second-order valence-corrected chi connectivity index (χ2v) is 6.48. The van der Waals surface area contributed by atoms with Crippen molar-refractivity contribution in [3.63, 3.8) is 0 Å². The van der Waals surface area contributed by atoms with Crippen molar-refractivity contribution < 1.29 is 19.1 Å². The zero-order valence-corrected chi connectivity index (χ0v) is 15.1. The minimum Gasteiger partial charge on any atom is -0.490 e. The van der Waals surface area contributed by atoms with Gasteiger partial charge in [-0.25, -0.2) is 4.90 Å². The van der Waals surface area contributed by atoms with Crippen LogP contribution < -0.4 is 9.64 Å². The molecule has 5 nitrogen and oxygen atoms in total. The maximum atomic E-state index is 12.4. The minimum absolute atomic E-state index is 0.123. The van der Waals surface area contributed by atoms with Crippen molar-refractivity contribution in [3.05, 3.63) is 34.4 Å². The quantitative estimate of drug-likeness (QED) is 0.445. The van der Waals surface area contributed by atoms with Gasteiger partial charge >= 0.3 is 0 Å². The molecule has 1 aromatic carbocycles. The zero-order valence-electron chi connectivity index (χ0n) is 14.4. The second kappa shape index (κ2) is 7.81. The molecule has 1 saturated heterocycles. The molecule has 130 valence electrons. The van der Waals surface area contributed by atoms with Crippen molar-refractivity contribution in [3.8, 4) is 5.75 Å².